The van der Waals surface area contributed by atoms with Crippen LogP contribution in [0.25, 0.3) is 11.1 Å². The molecule has 2 aliphatic heterocycles. The first-order valence-electron chi connectivity index (χ1n) is 12.0. The molecule has 5 rings (SSSR count). The van der Waals surface area contributed by atoms with Gasteiger partial charge in [-0.3, -0.25) is 0 Å². The van der Waals surface area contributed by atoms with Gasteiger partial charge in [-0.05, 0) is 43.7 Å². The van der Waals surface area contributed by atoms with Crippen molar-refractivity contribution in [2.24, 2.45) is 0 Å². The van der Waals surface area contributed by atoms with Crippen molar-refractivity contribution in [1.29, 1.82) is 0 Å². The minimum Gasteiger partial charge on any atom is -0.325 e. The number of halogens is 4. The van der Waals surface area contributed by atoms with E-state index in [2.05, 4.69) is 4.72 Å². The number of nitrogens with one attached hydrogen (secondary N) is 1. The molecule has 2 saturated heterocycles. The van der Waals surface area contributed by atoms with Crippen LogP contribution in [0.3, 0.4) is 0 Å². The van der Waals surface area contributed by atoms with E-state index in [-0.39, 0.29) is 23.1 Å². The molecule has 11 heteroatoms. The Hall–Kier alpha value is -2.66. The predicted molar refractivity (Wildman–Crippen MR) is 126 cm³/mol. The average Bonchev–Trinajstić information content (AvgIpc) is 3.60. The SMILES string of the molecule is Cc1cccc(-c2cccc(C[C@H]3[C@@H](NS(=O)(=O)C4CC4)C(F)(F)CN3C(=O)N3CCC3)c2F)c1F. The molecule has 0 spiro atoms. The zero-order valence-corrected chi connectivity index (χ0v) is 20.5. The maximum atomic E-state index is 15.7. The Morgan fingerprint density at radius 3 is 2.31 bits per heavy atom. The summed E-state index contributed by atoms with van der Waals surface area (Å²) >= 11 is 0. The number of benzene rings is 2. The fraction of sp³-hybridized carbons (Fsp3) is 0.480. The van der Waals surface area contributed by atoms with E-state index >= 15 is 13.2 Å². The van der Waals surface area contributed by atoms with Crippen LogP contribution in [-0.4, -0.2) is 67.1 Å². The molecule has 2 aromatic rings. The van der Waals surface area contributed by atoms with Gasteiger partial charge < -0.3 is 9.80 Å². The Balaban J connectivity index is 1.52. The van der Waals surface area contributed by atoms with Gasteiger partial charge in [0.05, 0.1) is 17.8 Å². The molecule has 1 saturated carbocycles. The van der Waals surface area contributed by atoms with Crippen LogP contribution in [0.2, 0.25) is 0 Å². The van der Waals surface area contributed by atoms with Crippen molar-refractivity contribution in [3.63, 3.8) is 0 Å². The van der Waals surface area contributed by atoms with Crippen LogP contribution in [0.15, 0.2) is 36.4 Å². The third kappa shape index (κ3) is 4.47. The van der Waals surface area contributed by atoms with Crippen molar-refractivity contribution < 1.29 is 30.8 Å². The number of carbonyl (C=O) groups excluding carboxylic acids is 1. The molecule has 36 heavy (non-hydrogen) atoms. The maximum Gasteiger partial charge on any atom is 0.320 e. The number of hydrogen-bond acceptors (Lipinski definition) is 3. The summed E-state index contributed by atoms with van der Waals surface area (Å²) in [6, 6.07) is 5.00. The fourth-order valence-corrected chi connectivity index (χ4v) is 6.51. The molecule has 1 N–H and O–H groups in total. The van der Waals surface area contributed by atoms with E-state index in [0.29, 0.717) is 31.5 Å². The first kappa shape index (κ1) is 25.0. The van der Waals surface area contributed by atoms with Gasteiger partial charge in [0.2, 0.25) is 10.0 Å². The van der Waals surface area contributed by atoms with E-state index in [1.165, 1.54) is 29.2 Å². The molecule has 0 bridgehead atoms. The van der Waals surface area contributed by atoms with Gasteiger partial charge in [-0.2, -0.15) is 0 Å². The molecule has 1 aliphatic carbocycles. The van der Waals surface area contributed by atoms with Crippen LogP contribution >= 0.6 is 0 Å². The Labute approximate surface area is 207 Å². The third-order valence-electron chi connectivity index (χ3n) is 7.24. The lowest BCUT2D eigenvalue weighted by Crippen LogP contribution is -2.55. The summed E-state index contributed by atoms with van der Waals surface area (Å²) in [6.45, 7) is 1.42. The number of likely N-dealkylation sites (tertiary alicyclic amines) is 2. The van der Waals surface area contributed by atoms with E-state index in [1.54, 1.807) is 19.1 Å². The van der Waals surface area contributed by atoms with Gasteiger partial charge in [0.15, 0.2) is 0 Å². The van der Waals surface area contributed by atoms with Crippen molar-refractivity contribution in [2.75, 3.05) is 19.6 Å². The minimum atomic E-state index is -4.02. The number of aryl methyl sites for hydroxylation is 1. The summed E-state index contributed by atoms with van der Waals surface area (Å²) in [7, 11) is -4.02. The molecule has 0 aromatic heterocycles. The monoisotopic (exact) mass is 525 g/mol. The highest BCUT2D eigenvalue weighted by atomic mass is 32.2. The highest BCUT2D eigenvalue weighted by molar-refractivity contribution is 7.90. The predicted octanol–water partition coefficient (Wildman–Crippen LogP) is 4.08. The molecule has 3 aliphatic rings. The van der Waals surface area contributed by atoms with Crippen molar-refractivity contribution in [3.8, 4) is 11.1 Å². The van der Waals surface area contributed by atoms with E-state index in [4.69, 9.17) is 0 Å². The number of alkyl halides is 2. The smallest absolute Gasteiger partial charge is 0.320 e. The van der Waals surface area contributed by atoms with Crippen LogP contribution in [-0.2, 0) is 16.4 Å². The second-order valence-corrected chi connectivity index (χ2v) is 11.8. The van der Waals surface area contributed by atoms with Crippen LogP contribution in [0.1, 0.15) is 30.4 Å². The molecule has 2 atom stereocenters. The number of nitrogens with zero attached hydrogens (tertiary/aromatic N) is 2. The molecule has 2 aromatic carbocycles. The molecular formula is C25H27F4N3O3S. The summed E-state index contributed by atoms with van der Waals surface area (Å²) < 4.78 is 88.2. The molecular weight excluding hydrogens is 498 g/mol. The Kier molecular flexibility index (Phi) is 6.27. The second kappa shape index (κ2) is 9.02. The number of carbonyl (C=O) groups is 1. The Bertz CT molecular complexity index is 1300. The van der Waals surface area contributed by atoms with Gasteiger partial charge in [-0.1, -0.05) is 36.4 Å². The van der Waals surface area contributed by atoms with Gasteiger partial charge in [0.25, 0.3) is 5.92 Å². The van der Waals surface area contributed by atoms with Gasteiger partial charge in [-0.25, -0.2) is 35.5 Å². The van der Waals surface area contributed by atoms with Crippen molar-refractivity contribution >= 4 is 16.1 Å². The molecule has 0 unspecified atom stereocenters. The number of hydrogen-bond donors (Lipinski definition) is 1. The zero-order valence-electron chi connectivity index (χ0n) is 19.7. The van der Waals surface area contributed by atoms with Crippen LogP contribution < -0.4 is 4.72 Å². The van der Waals surface area contributed by atoms with E-state index in [1.807, 2.05) is 0 Å². The standard InChI is InChI=1S/C25H27F4N3O3S/c1-15-5-2-7-18(21(15)26)19-8-3-6-16(22(19)27)13-20-23(30-36(34,35)17-9-10-17)25(28,29)14-32(20)24(33)31-11-4-12-31/h2-3,5-8,17,20,23,30H,4,9-14H2,1H3/t20-,23+/m0/s1. The van der Waals surface area contributed by atoms with E-state index in [9.17, 15) is 17.6 Å². The number of urea groups is 1. The van der Waals surface area contributed by atoms with Crippen LogP contribution in [0.4, 0.5) is 22.4 Å². The average molecular weight is 526 g/mol. The largest absolute Gasteiger partial charge is 0.325 e. The lowest BCUT2D eigenvalue weighted by Gasteiger charge is -2.37. The maximum absolute atomic E-state index is 15.7. The topological polar surface area (TPSA) is 69.7 Å². The van der Waals surface area contributed by atoms with Crippen molar-refractivity contribution in [3.05, 3.63) is 59.2 Å². The molecule has 2 heterocycles. The molecule has 0 radical (unpaired) electrons. The lowest BCUT2D eigenvalue weighted by atomic mass is 9.94. The minimum absolute atomic E-state index is 0.00636. The summed E-state index contributed by atoms with van der Waals surface area (Å²) in [5.74, 6) is -4.94. The molecule has 3 fully saturated rings. The normalized spacial score (nSPS) is 23.6. The van der Waals surface area contributed by atoms with E-state index < -0.39 is 57.5 Å². The quantitative estimate of drug-likeness (QED) is 0.578. The van der Waals surface area contributed by atoms with Crippen LogP contribution in [0, 0.1) is 18.6 Å². The molecule has 2 amide bonds. The van der Waals surface area contributed by atoms with Gasteiger partial charge >= 0.3 is 6.03 Å². The van der Waals surface area contributed by atoms with Gasteiger partial charge in [0.1, 0.15) is 17.7 Å². The first-order chi connectivity index (χ1) is 17.0. The zero-order chi connectivity index (χ0) is 25.8. The van der Waals surface area contributed by atoms with Crippen molar-refractivity contribution in [1.82, 2.24) is 14.5 Å². The summed E-state index contributed by atoms with van der Waals surface area (Å²) in [5, 5.41) is -0.738. The first-order valence-corrected chi connectivity index (χ1v) is 13.5. The highest BCUT2D eigenvalue weighted by Gasteiger charge is 2.58. The molecule has 6 nitrogen and oxygen atoms in total. The highest BCUT2D eigenvalue weighted by Crippen LogP contribution is 2.39. The second-order valence-electron chi connectivity index (χ2n) is 9.84. The van der Waals surface area contributed by atoms with Crippen LogP contribution in [0.5, 0.6) is 0 Å². The number of amides is 2. The third-order valence-corrected chi connectivity index (χ3v) is 9.17. The Morgan fingerprint density at radius 1 is 1.06 bits per heavy atom. The molecule has 194 valence electrons. The Morgan fingerprint density at radius 2 is 1.69 bits per heavy atom. The summed E-state index contributed by atoms with van der Waals surface area (Å²) in [4.78, 5) is 15.4. The van der Waals surface area contributed by atoms with Gasteiger partial charge in [0, 0.05) is 24.2 Å². The summed E-state index contributed by atoms with van der Waals surface area (Å²) in [6.07, 6.45) is 1.15. The number of rotatable bonds is 6. The number of sulfonamides is 1. The lowest BCUT2D eigenvalue weighted by molar-refractivity contribution is -0.00562. The van der Waals surface area contributed by atoms with Crippen molar-refractivity contribution in [2.45, 2.75) is 55.9 Å². The van der Waals surface area contributed by atoms with E-state index in [0.717, 1.165) is 11.3 Å². The van der Waals surface area contributed by atoms with Gasteiger partial charge in [-0.15, -0.1) is 0 Å². The summed E-state index contributed by atoms with van der Waals surface area (Å²) in [5.41, 5.74) is 0.321. The fourth-order valence-electron chi connectivity index (χ4n) is 4.87.